The first kappa shape index (κ1) is 18.6. The molecule has 4 amide bonds. The molecule has 1 aliphatic rings. The molecule has 1 aliphatic heterocycles. The van der Waals surface area contributed by atoms with Gasteiger partial charge in [-0.15, -0.1) is 0 Å². The molecule has 0 atom stereocenters. The second-order valence-electron chi connectivity index (χ2n) is 6.40. The number of benzene rings is 1. The van der Waals surface area contributed by atoms with Crippen molar-refractivity contribution < 1.29 is 28.8 Å². The van der Waals surface area contributed by atoms with Crippen LogP contribution >= 0.6 is 0 Å². The predicted molar refractivity (Wildman–Crippen MR) is 87.2 cm³/mol. The van der Waals surface area contributed by atoms with E-state index in [0.717, 1.165) is 4.90 Å². The first-order chi connectivity index (χ1) is 11.7. The Kier molecular flexibility index (Phi) is 5.53. The van der Waals surface area contributed by atoms with E-state index in [1.165, 1.54) is 0 Å². The van der Waals surface area contributed by atoms with Crippen LogP contribution in [0.1, 0.15) is 33.6 Å². The molecule has 2 rings (SSSR count). The van der Waals surface area contributed by atoms with Crippen LogP contribution in [-0.2, 0) is 24.0 Å². The van der Waals surface area contributed by atoms with Gasteiger partial charge in [0.2, 0.25) is 0 Å². The fourth-order valence-electron chi connectivity index (χ4n) is 2.12. The lowest BCUT2D eigenvalue weighted by Gasteiger charge is -2.26. The number of hydroxylamine groups is 2. The molecule has 25 heavy (non-hydrogen) atoms. The predicted octanol–water partition coefficient (Wildman–Crippen LogP) is 2.04. The zero-order valence-corrected chi connectivity index (χ0v) is 14.4. The highest BCUT2D eigenvalue weighted by Gasteiger charge is 2.33. The molecule has 0 N–H and O–H groups in total. The van der Waals surface area contributed by atoms with Crippen molar-refractivity contribution in [2.75, 3.05) is 11.5 Å². The van der Waals surface area contributed by atoms with Gasteiger partial charge in [-0.3, -0.25) is 19.2 Å². The van der Waals surface area contributed by atoms with Gasteiger partial charge >= 0.3 is 6.09 Å². The van der Waals surface area contributed by atoms with Gasteiger partial charge < -0.3 is 4.74 Å². The summed E-state index contributed by atoms with van der Waals surface area (Å²) < 4.78 is 5.25. The Morgan fingerprint density at radius 1 is 1.08 bits per heavy atom. The fraction of sp³-hybridized carbons (Fsp3) is 0.412. The van der Waals surface area contributed by atoms with E-state index in [0.29, 0.717) is 10.8 Å². The van der Waals surface area contributed by atoms with Gasteiger partial charge in [-0.25, -0.2) is 9.69 Å². The highest BCUT2D eigenvalue weighted by atomic mass is 16.7. The molecule has 0 saturated carbocycles. The topological polar surface area (TPSA) is 93.2 Å². The summed E-state index contributed by atoms with van der Waals surface area (Å²) in [5, 5.41) is 0.566. The molecule has 1 heterocycles. The van der Waals surface area contributed by atoms with E-state index in [4.69, 9.17) is 9.57 Å². The van der Waals surface area contributed by atoms with Crippen molar-refractivity contribution >= 4 is 29.5 Å². The van der Waals surface area contributed by atoms with Crippen molar-refractivity contribution in [3.05, 3.63) is 30.3 Å². The maximum absolute atomic E-state index is 12.5. The van der Waals surface area contributed by atoms with Crippen molar-refractivity contribution in [3.63, 3.8) is 0 Å². The van der Waals surface area contributed by atoms with Crippen molar-refractivity contribution in [1.82, 2.24) is 5.06 Å². The normalized spacial score (nSPS) is 14.6. The van der Waals surface area contributed by atoms with Crippen molar-refractivity contribution in [3.8, 4) is 0 Å². The number of carbonyl (C=O) groups excluding carboxylic acids is 4. The monoisotopic (exact) mass is 348 g/mol. The number of imide groups is 2. The quantitative estimate of drug-likeness (QED) is 0.773. The number of hydrogen-bond acceptors (Lipinski definition) is 6. The minimum absolute atomic E-state index is 0.0431. The fourth-order valence-corrected chi connectivity index (χ4v) is 2.12. The molecule has 1 saturated heterocycles. The summed E-state index contributed by atoms with van der Waals surface area (Å²) in [5.74, 6) is -1.78. The summed E-state index contributed by atoms with van der Waals surface area (Å²) in [6.45, 7) is 4.38. The average molecular weight is 348 g/mol. The zero-order chi connectivity index (χ0) is 18.6. The van der Waals surface area contributed by atoms with Crippen LogP contribution in [0.4, 0.5) is 10.5 Å². The van der Waals surface area contributed by atoms with Crippen molar-refractivity contribution in [2.24, 2.45) is 0 Å². The number of anilines is 1. The molecular weight excluding hydrogens is 328 g/mol. The summed E-state index contributed by atoms with van der Waals surface area (Å²) >= 11 is 0. The first-order valence-corrected chi connectivity index (χ1v) is 7.79. The van der Waals surface area contributed by atoms with Gasteiger partial charge in [-0.1, -0.05) is 18.2 Å². The first-order valence-electron chi connectivity index (χ1n) is 7.79. The van der Waals surface area contributed by atoms with E-state index in [1.54, 1.807) is 51.1 Å². The Morgan fingerprint density at radius 3 is 2.16 bits per heavy atom. The standard InChI is InChI=1S/C17H20N2O6/c1-17(2,3)25-16(23)18(12-7-5-4-6-8-12)15(22)11-24-19-13(20)9-10-14(19)21/h4-8H,9-11H2,1-3H3. The summed E-state index contributed by atoms with van der Waals surface area (Å²) in [6.07, 6.45) is -0.783. The number of rotatable bonds is 4. The second-order valence-corrected chi connectivity index (χ2v) is 6.40. The Morgan fingerprint density at radius 2 is 1.64 bits per heavy atom. The zero-order valence-electron chi connectivity index (χ0n) is 14.4. The maximum Gasteiger partial charge on any atom is 0.421 e. The van der Waals surface area contributed by atoms with Crippen LogP contribution in [0.25, 0.3) is 0 Å². The van der Waals surface area contributed by atoms with E-state index >= 15 is 0 Å². The van der Waals surface area contributed by atoms with Crippen LogP contribution < -0.4 is 4.90 Å². The SMILES string of the molecule is CC(C)(C)OC(=O)N(C(=O)CON1C(=O)CCC1=O)c1ccccc1. The third-order valence-electron chi connectivity index (χ3n) is 3.16. The number of carbonyl (C=O) groups is 4. The molecule has 0 aromatic heterocycles. The van der Waals surface area contributed by atoms with Crippen LogP contribution in [0.15, 0.2) is 30.3 Å². The largest absolute Gasteiger partial charge is 0.443 e. The molecule has 0 bridgehead atoms. The smallest absolute Gasteiger partial charge is 0.421 e. The van der Waals surface area contributed by atoms with E-state index in [2.05, 4.69) is 0 Å². The molecule has 1 aromatic carbocycles. The Labute approximate surface area is 145 Å². The molecule has 8 nitrogen and oxygen atoms in total. The van der Waals surface area contributed by atoms with Gasteiger partial charge in [0.1, 0.15) is 5.60 Å². The van der Waals surface area contributed by atoms with Crippen LogP contribution in [-0.4, -0.2) is 41.1 Å². The van der Waals surface area contributed by atoms with Gasteiger partial charge in [0.25, 0.3) is 17.7 Å². The third kappa shape index (κ3) is 4.87. The lowest BCUT2D eigenvalue weighted by molar-refractivity contribution is -0.187. The lowest BCUT2D eigenvalue weighted by atomic mass is 10.2. The van der Waals surface area contributed by atoms with Crippen molar-refractivity contribution in [1.29, 1.82) is 0 Å². The summed E-state index contributed by atoms with van der Waals surface area (Å²) in [7, 11) is 0. The molecule has 0 aliphatic carbocycles. The Hall–Kier alpha value is -2.74. The number of amides is 4. The molecule has 1 aromatic rings. The molecule has 1 fully saturated rings. The Bertz CT molecular complexity index is 664. The number of para-hydroxylation sites is 1. The highest BCUT2D eigenvalue weighted by molar-refractivity contribution is 6.13. The molecule has 8 heteroatoms. The average Bonchev–Trinajstić information content (AvgIpc) is 2.83. The molecule has 0 unspecified atom stereocenters. The summed E-state index contributed by atoms with van der Waals surface area (Å²) in [5.41, 5.74) is -0.504. The third-order valence-corrected chi connectivity index (χ3v) is 3.16. The molecular formula is C17H20N2O6. The van der Waals surface area contributed by atoms with E-state index in [1.807, 2.05) is 0 Å². The number of ether oxygens (including phenoxy) is 1. The van der Waals surface area contributed by atoms with E-state index < -0.39 is 36.0 Å². The summed E-state index contributed by atoms with van der Waals surface area (Å²) in [4.78, 5) is 53.8. The van der Waals surface area contributed by atoms with Crippen LogP contribution in [0.2, 0.25) is 0 Å². The van der Waals surface area contributed by atoms with Crippen LogP contribution in [0, 0.1) is 0 Å². The van der Waals surface area contributed by atoms with Gasteiger partial charge in [0.15, 0.2) is 6.61 Å². The van der Waals surface area contributed by atoms with Gasteiger partial charge in [0.05, 0.1) is 5.69 Å². The molecule has 0 radical (unpaired) electrons. The minimum Gasteiger partial charge on any atom is -0.443 e. The second kappa shape index (κ2) is 7.43. The van der Waals surface area contributed by atoms with E-state index in [9.17, 15) is 19.2 Å². The van der Waals surface area contributed by atoms with E-state index in [-0.39, 0.29) is 12.8 Å². The molecule has 0 spiro atoms. The van der Waals surface area contributed by atoms with Gasteiger partial charge in [0, 0.05) is 12.8 Å². The minimum atomic E-state index is -0.869. The maximum atomic E-state index is 12.5. The molecule has 134 valence electrons. The highest BCUT2D eigenvalue weighted by Crippen LogP contribution is 2.19. The Balaban J connectivity index is 2.14. The number of nitrogens with zero attached hydrogens (tertiary/aromatic N) is 2. The van der Waals surface area contributed by atoms with Crippen molar-refractivity contribution in [2.45, 2.75) is 39.2 Å². The van der Waals surface area contributed by atoms with Crippen LogP contribution in [0.3, 0.4) is 0 Å². The van der Waals surface area contributed by atoms with Crippen LogP contribution in [0.5, 0.6) is 0 Å². The lowest BCUT2D eigenvalue weighted by Crippen LogP contribution is -2.44. The summed E-state index contributed by atoms with van der Waals surface area (Å²) in [6, 6.07) is 8.18. The van der Waals surface area contributed by atoms with Gasteiger partial charge in [-0.05, 0) is 32.9 Å². The number of hydrogen-bond donors (Lipinski definition) is 0. The van der Waals surface area contributed by atoms with Gasteiger partial charge in [-0.2, -0.15) is 5.06 Å².